The molecule has 0 bridgehead atoms. The molecule has 1 aliphatic heterocycles. The molecule has 5 rings (SSSR count). The summed E-state index contributed by atoms with van der Waals surface area (Å²) in [5, 5.41) is 9.54. The first kappa shape index (κ1) is 20.5. The van der Waals surface area contributed by atoms with Crippen LogP contribution in [-0.2, 0) is 9.59 Å². The lowest BCUT2D eigenvalue weighted by Crippen LogP contribution is -2.50. The summed E-state index contributed by atoms with van der Waals surface area (Å²) < 4.78 is 0. The van der Waals surface area contributed by atoms with Gasteiger partial charge in [0, 0.05) is 34.4 Å². The molecule has 1 aliphatic rings. The first-order valence-electron chi connectivity index (χ1n) is 10.6. The standard InChI is InChI=1S/C25H24N4O2S/c1-16(25(31)29-15-24(30)28-21-9-4-5-10-22(21)29)26-14-19(23-11-6-12-32-23)18-13-27-20-8-3-2-7-17(18)20/h2-13,16,19,26-27H,14-15H2,1H3,(H,28,30)/t16-,19-/m1/s1. The van der Waals surface area contributed by atoms with E-state index in [0.717, 1.165) is 11.2 Å². The fourth-order valence-electron chi connectivity index (χ4n) is 4.28. The number of nitrogens with zero attached hydrogens (tertiary/aromatic N) is 1. The summed E-state index contributed by atoms with van der Waals surface area (Å²) in [4.78, 5) is 31.6. The van der Waals surface area contributed by atoms with Gasteiger partial charge in [0.2, 0.25) is 11.8 Å². The van der Waals surface area contributed by atoms with Crippen LogP contribution in [-0.4, -0.2) is 35.9 Å². The SMILES string of the molecule is C[C@@H](NC[C@@H](c1cccs1)c1c[nH]c2ccccc12)C(=O)N1CC(=O)Nc2ccccc21. The molecular formula is C25H24N4O2S. The summed E-state index contributed by atoms with van der Waals surface area (Å²) in [6.07, 6.45) is 2.06. The lowest BCUT2D eigenvalue weighted by molar-refractivity contribution is -0.123. The highest BCUT2D eigenvalue weighted by Gasteiger charge is 2.30. The van der Waals surface area contributed by atoms with Crippen molar-refractivity contribution in [3.63, 3.8) is 0 Å². The van der Waals surface area contributed by atoms with E-state index < -0.39 is 6.04 Å². The minimum Gasteiger partial charge on any atom is -0.361 e. The number of fused-ring (bicyclic) bond motifs is 2. The Kier molecular flexibility index (Phi) is 5.51. The topological polar surface area (TPSA) is 77.2 Å². The van der Waals surface area contributed by atoms with Crippen LogP contribution in [0.4, 0.5) is 11.4 Å². The molecule has 3 N–H and O–H groups in total. The highest BCUT2D eigenvalue weighted by atomic mass is 32.1. The van der Waals surface area contributed by atoms with Gasteiger partial charge in [-0.05, 0) is 42.1 Å². The molecule has 32 heavy (non-hydrogen) atoms. The molecular weight excluding hydrogens is 420 g/mol. The van der Waals surface area contributed by atoms with E-state index in [1.54, 1.807) is 16.2 Å². The normalized spacial score (nSPS) is 15.3. The van der Waals surface area contributed by atoms with Crippen LogP contribution in [0.5, 0.6) is 0 Å². The van der Waals surface area contributed by atoms with Crippen LogP contribution in [0.3, 0.4) is 0 Å². The third-order valence-corrected chi connectivity index (χ3v) is 6.90. The zero-order valence-electron chi connectivity index (χ0n) is 17.7. The third kappa shape index (κ3) is 3.81. The van der Waals surface area contributed by atoms with Crippen LogP contribution in [0.1, 0.15) is 23.3 Å². The predicted octanol–water partition coefficient (Wildman–Crippen LogP) is 4.32. The Morgan fingerprint density at radius 1 is 1.12 bits per heavy atom. The summed E-state index contributed by atoms with van der Waals surface area (Å²) in [6.45, 7) is 2.49. The van der Waals surface area contributed by atoms with Gasteiger partial charge >= 0.3 is 0 Å². The predicted molar refractivity (Wildman–Crippen MR) is 129 cm³/mol. The maximum atomic E-state index is 13.3. The molecule has 0 radical (unpaired) electrons. The largest absolute Gasteiger partial charge is 0.361 e. The van der Waals surface area contributed by atoms with E-state index in [1.807, 2.05) is 43.3 Å². The average Bonchev–Trinajstić information content (AvgIpc) is 3.49. The maximum Gasteiger partial charge on any atom is 0.244 e. The summed E-state index contributed by atoms with van der Waals surface area (Å²) >= 11 is 1.71. The Balaban J connectivity index is 1.37. The van der Waals surface area contributed by atoms with Crippen molar-refractivity contribution in [3.05, 3.63) is 82.7 Å². The van der Waals surface area contributed by atoms with Gasteiger partial charge in [-0.15, -0.1) is 11.3 Å². The van der Waals surface area contributed by atoms with Crippen molar-refractivity contribution in [2.75, 3.05) is 23.3 Å². The second-order valence-corrected chi connectivity index (χ2v) is 8.96. The zero-order valence-corrected chi connectivity index (χ0v) is 18.5. The Morgan fingerprint density at radius 2 is 1.94 bits per heavy atom. The van der Waals surface area contributed by atoms with E-state index in [1.165, 1.54) is 15.8 Å². The van der Waals surface area contributed by atoms with E-state index in [2.05, 4.69) is 51.5 Å². The number of hydrogen-bond donors (Lipinski definition) is 3. The molecule has 3 heterocycles. The number of benzene rings is 2. The average molecular weight is 445 g/mol. The van der Waals surface area contributed by atoms with E-state index in [4.69, 9.17) is 0 Å². The fraction of sp³-hybridized carbons (Fsp3) is 0.200. The van der Waals surface area contributed by atoms with Crippen LogP contribution in [0.25, 0.3) is 10.9 Å². The van der Waals surface area contributed by atoms with E-state index in [0.29, 0.717) is 12.2 Å². The van der Waals surface area contributed by atoms with E-state index >= 15 is 0 Å². The molecule has 0 saturated heterocycles. The number of para-hydroxylation sites is 3. The van der Waals surface area contributed by atoms with E-state index in [-0.39, 0.29) is 24.3 Å². The van der Waals surface area contributed by atoms with Crippen LogP contribution in [0.15, 0.2) is 72.2 Å². The van der Waals surface area contributed by atoms with Gasteiger partial charge in [-0.3, -0.25) is 14.5 Å². The Morgan fingerprint density at radius 3 is 2.78 bits per heavy atom. The summed E-state index contributed by atoms with van der Waals surface area (Å²) in [5.74, 6) is -0.186. The molecule has 0 unspecified atom stereocenters. The molecule has 7 heteroatoms. The molecule has 2 amide bonds. The van der Waals surface area contributed by atoms with Crippen molar-refractivity contribution in [3.8, 4) is 0 Å². The Hall–Kier alpha value is -3.42. The number of amides is 2. The second-order valence-electron chi connectivity index (χ2n) is 7.98. The number of H-pyrrole nitrogens is 1. The Labute approximate surface area is 190 Å². The molecule has 0 aliphatic carbocycles. The lowest BCUT2D eigenvalue weighted by atomic mass is 9.96. The molecule has 0 fully saturated rings. The number of thiophene rings is 1. The van der Waals surface area contributed by atoms with Crippen LogP contribution in [0, 0.1) is 0 Å². The third-order valence-electron chi connectivity index (χ3n) is 5.92. The fourth-order valence-corrected chi connectivity index (χ4v) is 5.13. The molecule has 6 nitrogen and oxygen atoms in total. The minimum atomic E-state index is -0.443. The molecule has 4 aromatic rings. The number of aromatic nitrogens is 1. The molecule has 0 spiro atoms. The van der Waals surface area contributed by atoms with Gasteiger partial charge in [-0.2, -0.15) is 0 Å². The number of hydrogen-bond acceptors (Lipinski definition) is 4. The highest BCUT2D eigenvalue weighted by molar-refractivity contribution is 7.10. The summed E-state index contributed by atoms with van der Waals surface area (Å²) in [5.41, 5.74) is 3.71. The van der Waals surface area contributed by atoms with Gasteiger partial charge in [0.05, 0.1) is 17.4 Å². The number of carbonyl (C=O) groups excluding carboxylic acids is 2. The number of carbonyl (C=O) groups is 2. The van der Waals surface area contributed by atoms with Gasteiger partial charge in [-0.1, -0.05) is 36.4 Å². The quantitative estimate of drug-likeness (QED) is 0.414. The Bertz CT molecular complexity index is 1260. The highest BCUT2D eigenvalue weighted by Crippen LogP contribution is 2.33. The van der Waals surface area contributed by atoms with Crippen LogP contribution in [0.2, 0.25) is 0 Å². The smallest absolute Gasteiger partial charge is 0.244 e. The monoisotopic (exact) mass is 444 g/mol. The number of rotatable bonds is 6. The first-order valence-corrected chi connectivity index (χ1v) is 11.5. The maximum absolute atomic E-state index is 13.3. The first-order chi connectivity index (χ1) is 15.6. The van der Waals surface area contributed by atoms with Gasteiger partial charge in [0.15, 0.2) is 0 Å². The van der Waals surface area contributed by atoms with Gasteiger partial charge in [0.25, 0.3) is 0 Å². The van der Waals surface area contributed by atoms with Crippen molar-refractivity contribution >= 4 is 45.4 Å². The summed E-state index contributed by atoms with van der Waals surface area (Å²) in [6, 6.07) is 19.4. The molecule has 2 atom stereocenters. The van der Waals surface area contributed by atoms with Crippen LogP contribution >= 0.6 is 11.3 Å². The van der Waals surface area contributed by atoms with Crippen molar-refractivity contribution in [1.29, 1.82) is 0 Å². The number of nitrogens with one attached hydrogen (secondary N) is 3. The molecule has 162 valence electrons. The lowest BCUT2D eigenvalue weighted by Gasteiger charge is -2.31. The van der Waals surface area contributed by atoms with Crippen molar-refractivity contribution < 1.29 is 9.59 Å². The molecule has 2 aromatic carbocycles. The number of anilines is 2. The van der Waals surface area contributed by atoms with Crippen molar-refractivity contribution in [2.24, 2.45) is 0 Å². The van der Waals surface area contributed by atoms with Gasteiger partial charge in [-0.25, -0.2) is 0 Å². The zero-order chi connectivity index (χ0) is 22.1. The molecule has 2 aromatic heterocycles. The van der Waals surface area contributed by atoms with E-state index in [9.17, 15) is 9.59 Å². The second kappa shape index (κ2) is 8.61. The number of aromatic amines is 1. The minimum absolute atomic E-state index is 0.0265. The van der Waals surface area contributed by atoms with Gasteiger partial charge in [0.1, 0.15) is 6.54 Å². The van der Waals surface area contributed by atoms with Crippen molar-refractivity contribution in [1.82, 2.24) is 10.3 Å². The van der Waals surface area contributed by atoms with Gasteiger partial charge < -0.3 is 15.6 Å². The van der Waals surface area contributed by atoms with Crippen LogP contribution < -0.4 is 15.5 Å². The van der Waals surface area contributed by atoms with Crippen molar-refractivity contribution in [2.45, 2.75) is 18.9 Å². The summed E-state index contributed by atoms with van der Waals surface area (Å²) in [7, 11) is 0. The molecule has 0 saturated carbocycles.